The van der Waals surface area contributed by atoms with Crippen molar-refractivity contribution >= 4 is 21.9 Å². The molecule has 0 aliphatic heterocycles. The highest BCUT2D eigenvalue weighted by Gasteiger charge is 2.32. The largest absolute Gasteiger partial charge is 0.465 e. The molecule has 0 heterocycles. The Morgan fingerprint density at radius 2 is 1.91 bits per heavy atom. The average molecular weight is 381 g/mol. The second-order valence-corrected chi connectivity index (χ2v) is 6.29. The molecule has 0 fully saturated rings. The number of carbonyl (C=O) groups excluding carboxylic acids is 1. The van der Waals surface area contributed by atoms with E-state index in [2.05, 4.69) is 15.9 Å². The second-order valence-electron chi connectivity index (χ2n) is 5.37. The standard InChI is InChI=1S/C16H20BrF3O2/c1-4-5-6-22-15(21)11(3)10(2)12-7-13(16(18,19)20)9-14(17)8-12/h7-11H,4-6H2,1-3H3. The smallest absolute Gasteiger partial charge is 0.416 e. The number of carbonyl (C=O) groups is 1. The third-order valence-electron chi connectivity index (χ3n) is 3.64. The van der Waals surface area contributed by atoms with Crippen LogP contribution in [0.4, 0.5) is 13.2 Å². The zero-order valence-corrected chi connectivity index (χ0v) is 14.4. The number of halogens is 4. The summed E-state index contributed by atoms with van der Waals surface area (Å²) in [6.45, 7) is 5.74. The van der Waals surface area contributed by atoms with Crippen LogP contribution in [0.25, 0.3) is 0 Å². The predicted molar refractivity (Wildman–Crippen MR) is 82.6 cm³/mol. The number of ether oxygens (including phenoxy) is 1. The summed E-state index contributed by atoms with van der Waals surface area (Å²) in [5.74, 6) is -1.26. The van der Waals surface area contributed by atoms with E-state index in [1.807, 2.05) is 6.92 Å². The Morgan fingerprint density at radius 3 is 2.45 bits per heavy atom. The number of hydrogen-bond acceptors (Lipinski definition) is 2. The Bertz CT molecular complexity index is 515. The van der Waals surface area contributed by atoms with Crippen LogP contribution in [0.3, 0.4) is 0 Å². The van der Waals surface area contributed by atoms with Gasteiger partial charge in [0.2, 0.25) is 0 Å². The molecule has 0 amide bonds. The molecule has 0 aliphatic rings. The summed E-state index contributed by atoms with van der Waals surface area (Å²) in [5, 5.41) is 0. The van der Waals surface area contributed by atoms with Gasteiger partial charge in [-0.3, -0.25) is 4.79 Å². The molecule has 0 aromatic heterocycles. The van der Waals surface area contributed by atoms with Gasteiger partial charge in [-0.2, -0.15) is 13.2 Å². The molecule has 0 aliphatic carbocycles. The first-order valence-corrected chi connectivity index (χ1v) is 8.00. The van der Waals surface area contributed by atoms with E-state index >= 15 is 0 Å². The first kappa shape index (κ1) is 19.0. The molecule has 1 aromatic rings. The van der Waals surface area contributed by atoms with E-state index in [9.17, 15) is 18.0 Å². The minimum atomic E-state index is -4.41. The molecule has 22 heavy (non-hydrogen) atoms. The summed E-state index contributed by atoms with van der Waals surface area (Å²) in [6.07, 6.45) is -2.72. The van der Waals surface area contributed by atoms with E-state index in [1.54, 1.807) is 19.9 Å². The van der Waals surface area contributed by atoms with Gasteiger partial charge in [0.1, 0.15) is 0 Å². The summed E-state index contributed by atoms with van der Waals surface area (Å²) < 4.78 is 44.1. The first-order valence-electron chi connectivity index (χ1n) is 7.21. The zero-order valence-electron chi connectivity index (χ0n) is 12.8. The summed E-state index contributed by atoms with van der Waals surface area (Å²) in [5.41, 5.74) is -0.267. The van der Waals surface area contributed by atoms with E-state index in [-0.39, 0.29) is 11.9 Å². The topological polar surface area (TPSA) is 26.3 Å². The second kappa shape index (κ2) is 7.99. The van der Waals surface area contributed by atoms with Crippen LogP contribution in [0.2, 0.25) is 0 Å². The SMILES string of the molecule is CCCCOC(=O)C(C)C(C)c1cc(Br)cc(C(F)(F)F)c1. The van der Waals surface area contributed by atoms with Crippen LogP contribution < -0.4 is 0 Å². The Kier molecular flexibility index (Phi) is 6.91. The molecular formula is C16H20BrF3O2. The summed E-state index contributed by atoms with van der Waals surface area (Å²) >= 11 is 3.10. The van der Waals surface area contributed by atoms with Crippen molar-refractivity contribution in [2.45, 2.75) is 45.7 Å². The van der Waals surface area contributed by atoms with Crippen LogP contribution in [0.1, 0.15) is 50.7 Å². The minimum Gasteiger partial charge on any atom is -0.465 e. The van der Waals surface area contributed by atoms with Crippen molar-refractivity contribution in [1.29, 1.82) is 0 Å². The summed E-state index contributed by atoms with van der Waals surface area (Å²) in [7, 11) is 0. The van der Waals surface area contributed by atoms with Crippen molar-refractivity contribution in [3.8, 4) is 0 Å². The molecule has 2 atom stereocenters. The normalized spacial score (nSPS) is 14.5. The van der Waals surface area contributed by atoms with Crippen molar-refractivity contribution in [1.82, 2.24) is 0 Å². The van der Waals surface area contributed by atoms with E-state index < -0.39 is 17.7 Å². The highest BCUT2D eigenvalue weighted by Crippen LogP contribution is 2.35. The molecule has 124 valence electrons. The molecule has 1 rings (SSSR count). The third-order valence-corrected chi connectivity index (χ3v) is 4.10. The monoisotopic (exact) mass is 380 g/mol. The van der Waals surface area contributed by atoms with Gasteiger partial charge < -0.3 is 4.74 Å². The van der Waals surface area contributed by atoms with Gasteiger partial charge in [0.05, 0.1) is 18.1 Å². The fourth-order valence-corrected chi connectivity index (χ4v) is 2.49. The van der Waals surface area contributed by atoms with E-state index in [0.29, 0.717) is 16.6 Å². The lowest BCUT2D eigenvalue weighted by Crippen LogP contribution is -2.21. The Labute approximate surface area is 137 Å². The van der Waals surface area contributed by atoms with Gasteiger partial charge in [0.15, 0.2) is 0 Å². The molecule has 0 spiro atoms. The minimum absolute atomic E-state index is 0.343. The van der Waals surface area contributed by atoms with Gasteiger partial charge in [-0.05, 0) is 36.1 Å². The number of alkyl halides is 3. The van der Waals surface area contributed by atoms with Gasteiger partial charge in [0, 0.05) is 4.47 Å². The molecule has 0 saturated carbocycles. The van der Waals surface area contributed by atoms with Crippen molar-refractivity contribution in [3.63, 3.8) is 0 Å². The van der Waals surface area contributed by atoms with Crippen LogP contribution in [-0.4, -0.2) is 12.6 Å². The highest BCUT2D eigenvalue weighted by atomic mass is 79.9. The van der Waals surface area contributed by atoms with Crippen LogP contribution in [0, 0.1) is 5.92 Å². The predicted octanol–water partition coefficient (Wildman–Crippen LogP) is 5.55. The highest BCUT2D eigenvalue weighted by molar-refractivity contribution is 9.10. The van der Waals surface area contributed by atoms with Crippen molar-refractivity contribution in [2.24, 2.45) is 5.92 Å². The fraction of sp³-hybridized carbons (Fsp3) is 0.562. The van der Waals surface area contributed by atoms with Crippen LogP contribution >= 0.6 is 15.9 Å². The maximum atomic E-state index is 12.9. The summed E-state index contributed by atoms with van der Waals surface area (Å²) in [4.78, 5) is 11.9. The van der Waals surface area contributed by atoms with Crippen LogP contribution in [-0.2, 0) is 15.7 Å². The fourth-order valence-electron chi connectivity index (χ4n) is 1.98. The molecule has 6 heteroatoms. The lowest BCUT2D eigenvalue weighted by molar-refractivity contribution is -0.148. The molecule has 0 bridgehead atoms. The quantitative estimate of drug-likeness (QED) is 0.477. The number of unbranched alkanes of at least 4 members (excludes halogenated alkanes) is 1. The molecule has 0 radical (unpaired) electrons. The van der Waals surface area contributed by atoms with Crippen molar-refractivity contribution in [3.05, 3.63) is 33.8 Å². The molecule has 2 nitrogen and oxygen atoms in total. The van der Waals surface area contributed by atoms with Gasteiger partial charge >= 0.3 is 12.1 Å². The molecule has 1 aromatic carbocycles. The molecule has 0 N–H and O–H groups in total. The zero-order chi connectivity index (χ0) is 16.9. The Balaban J connectivity index is 2.90. The summed E-state index contributed by atoms with van der Waals surface area (Å²) in [6, 6.07) is 3.72. The Morgan fingerprint density at radius 1 is 1.27 bits per heavy atom. The lowest BCUT2D eigenvalue weighted by Gasteiger charge is -2.20. The number of esters is 1. The van der Waals surface area contributed by atoms with E-state index in [4.69, 9.17) is 4.74 Å². The maximum absolute atomic E-state index is 12.9. The molecule has 2 unspecified atom stereocenters. The van der Waals surface area contributed by atoms with Crippen LogP contribution in [0.15, 0.2) is 22.7 Å². The van der Waals surface area contributed by atoms with Crippen LogP contribution in [0.5, 0.6) is 0 Å². The van der Waals surface area contributed by atoms with E-state index in [0.717, 1.165) is 25.0 Å². The number of hydrogen-bond donors (Lipinski definition) is 0. The number of benzene rings is 1. The van der Waals surface area contributed by atoms with Gasteiger partial charge in [-0.15, -0.1) is 0 Å². The van der Waals surface area contributed by atoms with E-state index in [1.165, 1.54) is 0 Å². The van der Waals surface area contributed by atoms with Crippen molar-refractivity contribution in [2.75, 3.05) is 6.61 Å². The molecular weight excluding hydrogens is 361 g/mol. The van der Waals surface area contributed by atoms with Gasteiger partial charge in [-0.25, -0.2) is 0 Å². The maximum Gasteiger partial charge on any atom is 0.416 e. The first-order chi connectivity index (χ1) is 10.2. The molecule has 0 saturated heterocycles. The Hall–Kier alpha value is -1.04. The third kappa shape index (κ3) is 5.30. The number of rotatable bonds is 6. The van der Waals surface area contributed by atoms with Gasteiger partial charge in [-0.1, -0.05) is 43.1 Å². The van der Waals surface area contributed by atoms with Crippen molar-refractivity contribution < 1.29 is 22.7 Å². The lowest BCUT2D eigenvalue weighted by atomic mass is 9.88. The van der Waals surface area contributed by atoms with Gasteiger partial charge in [0.25, 0.3) is 0 Å². The average Bonchev–Trinajstić information content (AvgIpc) is 2.44.